The zero-order valence-electron chi connectivity index (χ0n) is 16.4. The van der Waals surface area contributed by atoms with Gasteiger partial charge in [0.1, 0.15) is 0 Å². The molecule has 0 unspecified atom stereocenters. The second-order valence-electron chi connectivity index (χ2n) is 6.80. The second kappa shape index (κ2) is 10.4. The molecule has 3 rings (SSSR count). The Hall–Kier alpha value is -2.41. The van der Waals surface area contributed by atoms with E-state index >= 15 is 0 Å². The summed E-state index contributed by atoms with van der Waals surface area (Å²) < 4.78 is 0. The molecule has 29 heavy (non-hydrogen) atoms. The summed E-state index contributed by atoms with van der Waals surface area (Å²) in [7, 11) is 0. The Morgan fingerprint density at radius 2 is 1.72 bits per heavy atom. The lowest BCUT2D eigenvalue weighted by Gasteiger charge is -2.35. The van der Waals surface area contributed by atoms with E-state index in [1.165, 1.54) is 11.8 Å². The molecular formula is C22H25ClN4OS. The van der Waals surface area contributed by atoms with E-state index in [0.29, 0.717) is 5.02 Å². The third-order valence-electron chi connectivity index (χ3n) is 4.84. The maximum absolute atomic E-state index is 12.0. The van der Waals surface area contributed by atoms with E-state index in [0.717, 1.165) is 44.0 Å². The van der Waals surface area contributed by atoms with Crippen LogP contribution in [0, 0.1) is 0 Å². The number of hydrogen-bond donors (Lipinski definition) is 2. The topological polar surface area (TPSA) is 47.6 Å². The molecule has 0 spiro atoms. The first-order valence-electron chi connectivity index (χ1n) is 9.66. The lowest BCUT2D eigenvalue weighted by Crippen LogP contribution is -2.46. The van der Waals surface area contributed by atoms with Crippen LogP contribution in [-0.4, -0.2) is 48.6 Å². The van der Waals surface area contributed by atoms with E-state index in [4.69, 9.17) is 23.8 Å². The van der Waals surface area contributed by atoms with E-state index < -0.39 is 0 Å². The minimum Gasteiger partial charge on any atom is -0.369 e. The van der Waals surface area contributed by atoms with Crippen LogP contribution in [0.1, 0.15) is 12.5 Å². The van der Waals surface area contributed by atoms with Gasteiger partial charge in [0.2, 0.25) is 5.91 Å². The number of carbonyl (C=O) groups is 1. The number of likely N-dealkylation sites (N-methyl/N-ethyl adjacent to an activating group) is 1. The first-order valence-corrected chi connectivity index (χ1v) is 10.4. The van der Waals surface area contributed by atoms with Gasteiger partial charge in [0.15, 0.2) is 5.11 Å². The number of piperazine rings is 1. The fraction of sp³-hybridized carbons (Fsp3) is 0.273. The van der Waals surface area contributed by atoms with Gasteiger partial charge in [-0.2, -0.15) is 0 Å². The van der Waals surface area contributed by atoms with Crippen molar-refractivity contribution in [2.24, 2.45) is 0 Å². The van der Waals surface area contributed by atoms with Gasteiger partial charge in [0.05, 0.1) is 0 Å². The summed E-state index contributed by atoms with van der Waals surface area (Å²) in [5, 5.41) is 6.62. The number of rotatable bonds is 5. The van der Waals surface area contributed by atoms with Crippen LogP contribution in [-0.2, 0) is 4.79 Å². The van der Waals surface area contributed by atoms with E-state index in [-0.39, 0.29) is 11.0 Å². The van der Waals surface area contributed by atoms with Crippen molar-refractivity contribution in [3.8, 4) is 0 Å². The summed E-state index contributed by atoms with van der Waals surface area (Å²) in [5.41, 5.74) is 2.93. The van der Waals surface area contributed by atoms with Crippen LogP contribution in [0.15, 0.2) is 54.6 Å². The highest BCUT2D eigenvalue weighted by Gasteiger charge is 2.15. The summed E-state index contributed by atoms with van der Waals surface area (Å²) >= 11 is 11.1. The van der Waals surface area contributed by atoms with Gasteiger partial charge in [-0.3, -0.25) is 10.1 Å². The molecule has 2 aromatic carbocycles. The Balaban J connectivity index is 1.47. The van der Waals surface area contributed by atoms with Gasteiger partial charge < -0.3 is 15.1 Å². The molecule has 0 radical (unpaired) electrons. The monoisotopic (exact) mass is 428 g/mol. The third-order valence-corrected chi connectivity index (χ3v) is 5.30. The molecular weight excluding hydrogens is 404 g/mol. The summed E-state index contributed by atoms with van der Waals surface area (Å²) in [6.45, 7) is 7.57. The Morgan fingerprint density at radius 3 is 2.34 bits per heavy atom. The molecule has 7 heteroatoms. The SMILES string of the molecule is CCN1CCN(c2ccc(NC(=S)NC(=O)/C=C/c3ccc(Cl)cc3)cc2)CC1. The van der Waals surface area contributed by atoms with Gasteiger partial charge in [-0.15, -0.1) is 0 Å². The number of benzene rings is 2. The molecule has 0 bridgehead atoms. The van der Waals surface area contributed by atoms with Crippen LogP contribution >= 0.6 is 23.8 Å². The average molecular weight is 429 g/mol. The number of amides is 1. The minimum absolute atomic E-state index is 0.264. The largest absolute Gasteiger partial charge is 0.369 e. The fourth-order valence-corrected chi connectivity index (χ4v) is 3.48. The van der Waals surface area contributed by atoms with Gasteiger partial charge in [-0.25, -0.2) is 0 Å². The molecule has 0 aliphatic carbocycles. The van der Waals surface area contributed by atoms with Gasteiger partial charge in [0, 0.05) is 48.7 Å². The first-order chi connectivity index (χ1) is 14.0. The summed E-state index contributed by atoms with van der Waals surface area (Å²) in [6.07, 6.45) is 3.15. The van der Waals surface area contributed by atoms with Crippen molar-refractivity contribution in [2.45, 2.75) is 6.92 Å². The van der Waals surface area contributed by atoms with Gasteiger partial charge in [-0.1, -0.05) is 30.7 Å². The van der Waals surface area contributed by atoms with Crippen molar-refractivity contribution in [3.63, 3.8) is 0 Å². The molecule has 2 N–H and O–H groups in total. The van der Waals surface area contributed by atoms with Gasteiger partial charge in [0.25, 0.3) is 0 Å². The quantitative estimate of drug-likeness (QED) is 0.556. The van der Waals surface area contributed by atoms with Crippen molar-refractivity contribution in [2.75, 3.05) is 42.9 Å². The molecule has 5 nitrogen and oxygen atoms in total. The van der Waals surface area contributed by atoms with Crippen molar-refractivity contribution < 1.29 is 4.79 Å². The number of hydrogen-bond acceptors (Lipinski definition) is 4. The molecule has 1 heterocycles. The van der Waals surface area contributed by atoms with Crippen LogP contribution in [0.5, 0.6) is 0 Å². The zero-order chi connectivity index (χ0) is 20.6. The van der Waals surface area contributed by atoms with E-state index in [1.54, 1.807) is 18.2 Å². The number of halogens is 1. The van der Waals surface area contributed by atoms with Crippen LogP contribution < -0.4 is 15.5 Å². The molecule has 0 saturated carbocycles. The molecule has 1 aliphatic rings. The van der Waals surface area contributed by atoms with Gasteiger partial charge in [-0.05, 0) is 66.8 Å². The van der Waals surface area contributed by atoms with E-state index in [9.17, 15) is 4.79 Å². The maximum Gasteiger partial charge on any atom is 0.250 e. The number of nitrogens with one attached hydrogen (secondary N) is 2. The van der Waals surface area contributed by atoms with E-state index in [1.807, 2.05) is 24.3 Å². The number of carbonyl (C=O) groups excluding carboxylic acids is 1. The van der Waals surface area contributed by atoms with E-state index in [2.05, 4.69) is 39.5 Å². The van der Waals surface area contributed by atoms with Crippen molar-refractivity contribution in [1.29, 1.82) is 0 Å². The second-order valence-corrected chi connectivity index (χ2v) is 7.64. The lowest BCUT2D eigenvalue weighted by molar-refractivity contribution is -0.115. The normalized spacial score (nSPS) is 14.8. The van der Waals surface area contributed by atoms with Crippen LogP contribution in [0.25, 0.3) is 6.08 Å². The highest BCUT2D eigenvalue weighted by atomic mass is 35.5. The maximum atomic E-state index is 12.0. The van der Waals surface area contributed by atoms with Gasteiger partial charge >= 0.3 is 0 Å². The molecule has 0 aromatic heterocycles. The smallest absolute Gasteiger partial charge is 0.250 e. The summed E-state index contributed by atoms with van der Waals surface area (Å²) in [6, 6.07) is 15.3. The molecule has 0 atom stereocenters. The minimum atomic E-state index is -0.289. The van der Waals surface area contributed by atoms with Crippen molar-refractivity contribution in [1.82, 2.24) is 10.2 Å². The average Bonchev–Trinajstić information content (AvgIpc) is 2.74. The van der Waals surface area contributed by atoms with Crippen LogP contribution in [0.4, 0.5) is 11.4 Å². The Morgan fingerprint density at radius 1 is 1.07 bits per heavy atom. The number of nitrogens with zero attached hydrogens (tertiary/aromatic N) is 2. The van der Waals surface area contributed by atoms with Crippen molar-refractivity contribution >= 4 is 52.3 Å². The third kappa shape index (κ3) is 6.56. The molecule has 152 valence electrons. The Labute approximate surface area is 182 Å². The highest BCUT2D eigenvalue weighted by Crippen LogP contribution is 2.19. The Kier molecular flexibility index (Phi) is 7.63. The molecule has 2 aromatic rings. The number of anilines is 2. The van der Waals surface area contributed by atoms with Crippen molar-refractivity contribution in [3.05, 3.63) is 65.2 Å². The molecule has 1 aliphatic heterocycles. The summed E-state index contributed by atoms with van der Waals surface area (Å²) in [4.78, 5) is 16.9. The Bertz CT molecular complexity index is 859. The molecule has 1 saturated heterocycles. The fourth-order valence-electron chi connectivity index (χ4n) is 3.14. The standard InChI is InChI=1S/C22H25ClN4OS/c1-2-26-13-15-27(16-14-26)20-10-8-19(9-11-20)24-22(29)25-21(28)12-5-17-3-6-18(23)7-4-17/h3-12H,2,13-16H2,1H3,(H2,24,25,28,29)/b12-5+. The predicted octanol–water partition coefficient (Wildman–Crippen LogP) is 4.01. The highest BCUT2D eigenvalue weighted by molar-refractivity contribution is 7.80. The lowest BCUT2D eigenvalue weighted by atomic mass is 10.2. The molecule has 1 amide bonds. The van der Waals surface area contributed by atoms with Crippen LogP contribution in [0.3, 0.4) is 0 Å². The predicted molar refractivity (Wildman–Crippen MR) is 126 cm³/mol. The number of thiocarbonyl (C=S) groups is 1. The summed E-state index contributed by atoms with van der Waals surface area (Å²) in [5.74, 6) is -0.289. The first kappa shape index (κ1) is 21.3. The van der Waals surface area contributed by atoms with Crippen LogP contribution in [0.2, 0.25) is 5.02 Å². The zero-order valence-corrected chi connectivity index (χ0v) is 18.0. The molecule has 1 fully saturated rings.